The maximum absolute atomic E-state index is 11.9. The van der Waals surface area contributed by atoms with E-state index in [9.17, 15) is 9.59 Å². The number of benzene rings is 1. The van der Waals surface area contributed by atoms with Crippen LogP contribution in [0.2, 0.25) is 0 Å². The normalized spacial score (nSPS) is 14.4. The number of carbonyl (C=O) groups is 2. The zero-order valence-electron chi connectivity index (χ0n) is 10.1. The van der Waals surface area contributed by atoms with Crippen LogP contribution in [-0.4, -0.2) is 16.7 Å². The summed E-state index contributed by atoms with van der Waals surface area (Å²) in [7, 11) is 0. The van der Waals surface area contributed by atoms with E-state index in [0.717, 1.165) is 4.90 Å². The van der Waals surface area contributed by atoms with Gasteiger partial charge in [-0.15, -0.1) is 0 Å². The monoisotopic (exact) mass is 227 g/mol. The van der Waals surface area contributed by atoms with Gasteiger partial charge in [-0.2, -0.15) is 4.90 Å². The lowest BCUT2D eigenvalue weighted by atomic mass is 9.99. The first-order chi connectivity index (χ1) is 7.90. The van der Waals surface area contributed by atoms with Crippen LogP contribution in [-0.2, 0) is 0 Å². The summed E-state index contributed by atoms with van der Waals surface area (Å²) in [6, 6.07) is 9.43. The standard InChI is InChI=1S/C14H13NO2/c1-14(2,3)8-9-15-12(16)10-6-4-5-7-11(10)13(15)17/h4-7H,1-3H3. The van der Waals surface area contributed by atoms with Crippen molar-refractivity contribution in [3.63, 3.8) is 0 Å². The van der Waals surface area contributed by atoms with Crippen molar-refractivity contribution in [1.82, 2.24) is 4.90 Å². The molecule has 86 valence electrons. The number of fused-ring (bicyclic) bond motifs is 1. The zero-order valence-corrected chi connectivity index (χ0v) is 10.1. The smallest absolute Gasteiger partial charge is 0.267 e. The molecule has 0 radical (unpaired) electrons. The zero-order chi connectivity index (χ0) is 12.6. The molecular weight excluding hydrogens is 214 g/mol. The second-order valence-corrected chi connectivity index (χ2v) is 4.98. The third-order valence-corrected chi connectivity index (χ3v) is 2.34. The fourth-order valence-corrected chi connectivity index (χ4v) is 1.51. The van der Waals surface area contributed by atoms with Crippen molar-refractivity contribution >= 4 is 11.8 Å². The van der Waals surface area contributed by atoms with E-state index >= 15 is 0 Å². The van der Waals surface area contributed by atoms with Crippen LogP contribution in [0.25, 0.3) is 0 Å². The topological polar surface area (TPSA) is 37.4 Å². The molecule has 0 N–H and O–H groups in total. The molecule has 3 nitrogen and oxygen atoms in total. The Morgan fingerprint density at radius 1 is 1.00 bits per heavy atom. The van der Waals surface area contributed by atoms with Gasteiger partial charge < -0.3 is 0 Å². The predicted octanol–water partition coefficient (Wildman–Crippen LogP) is 2.29. The fourth-order valence-electron chi connectivity index (χ4n) is 1.51. The largest absolute Gasteiger partial charge is 0.273 e. The molecule has 3 heteroatoms. The molecule has 0 spiro atoms. The Morgan fingerprint density at radius 3 is 1.88 bits per heavy atom. The number of hydrogen-bond acceptors (Lipinski definition) is 2. The molecule has 0 aromatic heterocycles. The van der Waals surface area contributed by atoms with E-state index in [0.29, 0.717) is 11.1 Å². The van der Waals surface area contributed by atoms with Crippen molar-refractivity contribution in [2.45, 2.75) is 20.8 Å². The summed E-state index contributed by atoms with van der Waals surface area (Å²) in [6.07, 6.45) is 0. The maximum Gasteiger partial charge on any atom is 0.273 e. The van der Waals surface area contributed by atoms with Gasteiger partial charge in [0.05, 0.1) is 11.1 Å². The van der Waals surface area contributed by atoms with E-state index in [4.69, 9.17) is 0 Å². The summed E-state index contributed by atoms with van der Waals surface area (Å²) in [5.41, 5.74) is 0.622. The molecule has 1 aromatic carbocycles. The van der Waals surface area contributed by atoms with Crippen molar-refractivity contribution in [1.29, 1.82) is 0 Å². The molecule has 1 aromatic rings. The molecule has 1 aliphatic heterocycles. The first-order valence-electron chi connectivity index (χ1n) is 5.41. The van der Waals surface area contributed by atoms with E-state index in [-0.39, 0.29) is 17.2 Å². The summed E-state index contributed by atoms with van der Waals surface area (Å²) in [4.78, 5) is 24.8. The lowest BCUT2D eigenvalue weighted by molar-refractivity contribution is 0.0734. The second kappa shape index (κ2) is 3.74. The molecule has 0 fully saturated rings. The van der Waals surface area contributed by atoms with Crippen LogP contribution in [0.1, 0.15) is 41.5 Å². The Hall–Kier alpha value is -2.08. The maximum atomic E-state index is 11.9. The van der Waals surface area contributed by atoms with Gasteiger partial charge in [0.15, 0.2) is 0 Å². The van der Waals surface area contributed by atoms with E-state index in [2.05, 4.69) is 12.0 Å². The minimum Gasteiger partial charge on any atom is -0.267 e. The van der Waals surface area contributed by atoms with Gasteiger partial charge in [0.2, 0.25) is 0 Å². The molecule has 1 aliphatic rings. The lowest BCUT2D eigenvalue weighted by Gasteiger charge is -2.09. The highest BCUT2D eigenvalue weighted by Crippen LogP contribution is 2.22. The van der Waals surface area contributed by atoms with Gasteiger partial charge >= 0.3 is 0 Å². The minimum absolute atomic E-state index is 0.241. The van der Waals surface area contributed by atoms with Crippen molar-refractivity contribution < 1.29 is 9.59 Å². The molecule has 0 saturated heterocycles. The Bertz CT molecular complexity index is 521. The van der Waals surface area contributed by atoms with Crippen LogP contribution in [0.15, 0.2) is 24.3 Å². The fraction of sp³-hybridized carbons (Fsp3) is 0.286. The molecule has 1 heterocycles. The van der Waals surface area contributed by atoms with Gasteiger partial charge in [-0.1, -0.05) is 18.1 Å². The quantitative estimate of drug-likeness (QED) is 0.503. The van der Waals surface area contributed by atoms with Gasteiger partial charge in [0, 0.05) is 11.5 Å². The SMILES string of the molecule is CC(C)(C)C#CN1C(=O)c2ccccc2C1=O. The number of imide groups is 1. The Balaban J connectivity index is 2.40. The molecule has 0 saturated carbocycles. The van der Waals surface area contributed by atoms with E-state index in [1.807, 2.05) is 20.8 Å². The molecule has 0 aliphatic carbocycles. The molecule has 0 atom stereocenters. The number of hydrogen-bond donors (Lipinski definition) is 0. The van der Waals surface area contributed by atoms with Crippen molar-refractivity contribution in [2.24, 2.45) is 5.41 Å². The number of carbonyl (C=O) groups excluding carboxylic acids is 2. The summed E-state index contributed by atoms with van der Waals surface area (Å²) in [5.74, 6) is 2.23. The van der Waals surface area contributed by atoms with Crippen molar-refractivity contribution in [2.75, 3.05) is 0 Å². The van der Waals surface area contributed by atoms with Crippen molar-refractivity contribution in [3.05, 3.63) is 35.4 Å². The first-order valence-corrected chi connectivity index (χ1v) is 5.41. The van der Waals surface area contributed by atoms with Gasteiger partial charge in [-0.3, -0.25) is 9.59 Å². The molecule has 0 bridgehead atoms. The Labute approximate surface area is 100 Å². The van der Waals surface area contributed by atoms with E-state index in [1.165, 1.54) is 0 Å². The highest BCUT2D eigenvalue weighted by Gasteiger charge is 2.34. The third kappa shape index (κ3) is 2.07. The Morgan fingerprint density at radius 2 is 1.47 bits per heavy atom. The molecule has 2 rings (SSSR count). The van der Waals surface area contributed by atoms with Crippen LogP contribution < -0.4 is 0 Å². The van der Waals surface area contributed by atoms with E-state index in [1.54, 1.807) is 24.3 Å². The average molecular weight is 227 g/mol. The molecule has 0 unspecified atom stereocenters. The van der Waals surface area contributed by atoms with Crippen LogP contribution in [0.5, 0.6) is 0 Å². The Kier molecular flexibility index (Phi) is 2.51. The van der Waals surface area contributed by atoms with Crippen LogP contribution in [0.4, 0.5) is 0 Å². The van der Waals surface area contributed by atoms with Crippen LogP contribution in [0.3, 0.4) is 0 Å². The summed E-state index contributed by atoms with van der Waals surface area (Å²) < 4.78 is 0. The van der Waals surface area contributed by atoms with Gasteiger partial charge in [0.25, 0.3) is 11.8 Å². The minimum atomic E-state index is -0.331. The highest BCUT2D eigenvalue weighted by molar-refractivity contribution is 6.22. The van der Waals surface area contributed by atoms with Crippen LogP contribution >= 0.6 is 0 Å². The molecular formula is C14H13NO2. The second-order valence-electron chi connectivity index (χ2n) is 4.98. The van der Waals surface area contributed by atoms with Gasteiger partial charge in [0.1, 0.15) is 0 Å². The number of amides is 2. The van der Waals surface area contributed by atoms with Crippen LogP contribution in [0, 0.1) is 17.4 Å². The van der Waals surface area contributed by atoms with Gasteiger partial charge in [-0.05, 0) is 32.9 Å². The highest BCUT2D eigenvalue weighted by atomic mass is 16.2. The third-order valence-electron chi connectivity index (χ3n) is 2.34. The lowest BCUT2D eigenvalue weighted by Crippen LogP contribution is -2.24. The van der Waals surface area contributed by atoms with Gasteiger partial charge in [-0.25, -0.2) is 0 Å². The van der Waals surface area contributed by atoms with E-state index < -0.39 is 0 Å². The predicted molar refractivity (Wildman–Crippen MR) is 64.2 cm³/mol. The van der Waals surface area contributed by atoms with Crippen molar-refractivity contribution in [3.8, 4) is 12.0 Å². The molecule has 17 heavy (non-hydrogen) atoms. The summed E-state index contributed by atoms with van der Waals surface area (Å²) >= 11 is 0. The summed E-state index contributed by atoms with van der Waals surface area (Å²) in [5, 5.41) is 0. The molecule has 2 amide bonds. The average Bonchev–Trinajstić information content (AvgIpc) is 2.49. The first kappa shape index (κ1) is 11.4. The number of rotatable bonds is 0. The number of nitrogens with zero attached hydrogens (tertiary/aromatic N) is 1. The summed E-state index contributed by atoms with van der Waals surface area (Å²) in [6.45, 7) is 5.79.